The maximum atomic E-state index is 13.1. The minimum absolute atomic E-state index is 0.223. The van der Waals surface area contributed by atoms with E-state index in [4.69, 9.17) is 9.94 Å². The predicted octanol–water partition coefficient (Wildman–Crippen LogP) is 5.18. The number of unbranched alkanes of at least 4 members (excludes halogenated alkanes) is 2. The fourth-order valence-corrected chi connectivity index (χ4v) is 3.60. The van der Waals surface area contributed by atoms with Crippen LogP contribution in [0.1, 0.15) is 31.2 Å². The molecule has 0 spiro atoms. The van der Waals surface area contributed by atoms with Gasteiger partial charge in [-0.1, -0.05) is 54.6 Å². The van der Waals surface area contributed by atoms with Gasteiger partial charge in [0.05, 0.1) is 0 Å². The second-order valence-corrected chi connectivity index (χ2v) is 7.96. The lowest BCUT2D eigenvalue weighted by Crippen LogP contribution is -2.22. The zero-order valence-electron chi connectivity index (χ0n) is 18.7. The van der Waals surface area contributed by atoms with E-state index >= 15 is 0 Å². The SMILES string of the molecule is O=C(CCCCC=C(CNCCc1ccc(F)cc1)COc1cccc2ccccc12)NO. The molecule has 0 saturated carbocycles. The van der Waals surface area contributed by atoms with Crippen molar-refractivity contribution < 1.29 is 19.1 Å². The molecule has 0 radical (unpaired) electrons. The standard InChI is InChI=1S/C27H31FN2O3/c28-24-15-13-21(14-16-24)17-18-29-19-22(7-2-1-3-12-27(31)30-32)20-33-26-11-6-9-23-8-4-5-10-25(23)26/h4-11,13-16,29,32H,1-3,12,17-20H2,(H,30,31). The van der Waals surface area contributed by atoms with Crippen molar-refractivity contribution in [1.29, 1.82) is 0 Å². The predicted molar refractivity (Wildman–Crippen MR) is 129 cm³/mol. The molecular formula is C27H31FN2O3. The van der Waals surface area contributed by atoms with E-state index in [9.17, 15) is 9.18 Å². The maximum absolute atomic E-state index is 13.1. The number of benzene rings is 3. The quantitative estimate of drug-likeness (QED) is 0.145. The Morgan fingerprint density at radius 2 is 1.79 bits per heavy atom. The maximum Gasteiger partial charge on any atom is 0.243 e. The minimum atomic E-state index is -0.360. The first-order chi connectivity index (χ1) is 16.2. The van der Waals surface area contributed by atoms with Crippen LogP contribution < -0.4 is 15.5 Å². The lowest BCUT2D eigenvalue weighted by atomic mass is 10.1. The Labute approximate surface area is 194 Å². The highest BCUT2D eigenvalue weighted by Gasteiger charge is 2.05. The molecule has 0 saturated heterocycles. The van der Waals surface area contributed by atoms with Crippen LogP contribution in [0.4, 0.5) is 4.39 Å². The first-order valence-electron chi connectivity index (χ1n) is 11.3. The van der Waals surface area contributed by atoms with E-state index in [1.54, 1.807) is 17.6 Å². The average Bonchev–Trinajstić information content (AvgIpc) is 2.85. The van der Waals surface area contributed by atoms with Crippen molar-refractivity contribution in [3.63, 3.8) is 0 Å². The van der Waals surface area contributed by atoms with E-state index in [0.717, 1.165) is 53.5 Å². The van der Waals surface area contributed by atoms with E-state index in [1.807, 2.05) is 24.3 Å². The van der Waals surface area contributed by atoms with Crippen molar-refractivity contribution in [1.82, 2.24) is 10.8 Å². The second kappa shape index (κ2) is 13.4. The molecule has 0 unspecified atom stereocenters. The van der Waals surface area contributed by atoms with Gasteiger partial charge in [-0.05, 0) is 66.9 Å². The van der Waals surface area contributed by atoms with E-state index in [2.05, 4.69) is 29.6 Å². The summed E-state index contributed by atoms with van der Waals surface area (Å²) < 4.78 is 19.2. The molecule has 0 aliphatic heterocycles. The summed E-state index contributed by atoms with van der Waals surface area (Å²) in [7, 11) is 0. The Balaban J connectivity index is 1.54. The topological polar surface area (TPSA) is 70.6 Å². The van der Waals surface area contributed by atoms with Gasteiger partial charge in [0, 0.05) is 18.4 Å². The summed E-state index contributed by atoms with van der Waals surface area (Å²) in [6, 6.07) is 20.8. The van der Waals surface area contributed by atoms with Gasteiger partial charge in [-0.3, -0.25) is 10.0 Å². The highest BCUT2D eigenvalue weighted by molar-refractivity contribution is 5.88. The Morgan fingerprint density at radius 3 is 2.61 bits per heavy atom. The summed E-state index contributed by atoms with van der Waals surface area (Å²) >= 11 is 0. The molecule has 1 amide bonds. The average molecular weight is 451 g/mol. The number of carbonyl (C=O) groups is 1. The molecule has 33 heavy (non-hydrogen) atoms. The van der Waals surface area contributed by atoms with Crippen LogP contribution in [0, 0.1) is 5.82 Å². The van der Waals surface area contributed by atoms with Gasteiger partial charge in [-0.15, -0.1) is 0 Å². The molecule has 6 heteroatoms. The Bertz CT molecular complexity index is 1050. The van der Waals surface area contributed by atoms with Crippen LogP contribution in [0.5, 0.6) is 5.75 Å². The highest BCUT2D eigenvalue weighted by Crippen LogP contribution is 2.25. The molecule has 3 rings (SSSR count). The molecule has 0 fully saturated rings. The van der Waals surface area contributed by atoms with Crippen molar-refractivity contribution >= 4 is 16.7 Å². The number of carbonyl (C=O) groups excluding carboxylic acids is 1. The molecule has 3 aromatic carbocycles. The van der Waals surface area contributed by atoms with Crippen molar-refractivity contribution in [3.05, 3.63) is 89.8 Å². The van der Waals surface area contributed by atoms with Gasteiger partial charge >= 0.3 is 0 Å². The van der Waals surface area contributed by atoms with Gasteiger partial charge in [0.1, 0.15) is 18.2 Å². The number of halogens is 1. The Morgan fingerprint density at radius 1 is 1.00 bits per heavy atom. The number of rotatable bonds is 13. The van der Waals surface area contributed by atoms with Crippen LogP contribution in [0.3, 0.4) is 0 Å². The number of hydrogen-bond donors (Lipinski definition) is 3. The number of fused-ring (bicyclic) bond motifs is 1. The van der Waals surface area contributed by atoms with Gasteiger partial charge in [0.15, 0.2) is 0 Å². The van der Waals surface area contributed by atoms with E-state index in [-0.39, 0.29) is 11.7 Å². The number of hydrogen-bond acceptors (Lipinski definition) is 4. The molecule has 0 aliphatic carbocycles. The molecular weight excluding hydrogens is 419 g/mol. The van der Waals surface area contributed by atoms with Crippen LogP contribution >= 0.6 is 0 Å². The summed E-state index contributed by atoms with van der Waals surface area (Å²) in [5.41, 5.74) is 3.88. The fraction of sp³-hybridized carbons (Fsp3) is 0.296. The monoisotopic (exact) mass is 450 g/mol. The smallest absolute Gasteiger partial charge is 0.243 e. The number of allylic oxidation sites excluding steroid dienone is 1. The molecule has 5 nitrogen and oxygen atoms in total. The van der Waals surface area contributed by atoms with E-state index in [0.29, 0.717) is 26.0 Å². The van der Waals surface area contributed by atoms with Crippen molar-refractivity contribution in [2.75, 3.05) is 19.7 Å². The first kappa shape index (κ1) is 24.4. The minimum Gasteiger partial charge on any atom is -0.489 e. The molecule has 0 bridgehead atoms. The largest absolute Gasteiger partial charge is 0.489 e. The summed E-state index contributed by atoms with van der Waals surface area (Å²) in [6.07, 6.45) is 5.66. The summed E-state index contributed by atoms with van der Waals surface area (Å²) in [5, 5.41) is 14.3. The summed E-state index contributed by atoms with van der Waals surface area (Å²) in [6.45, 7) is 1.92. The molecule has 0 aromatic heterocycles. The molecule has 0 aliphatic rings. The van der Waals surface area contributed by atoms with Crippen molar-refractivity contribution in [2.24, 2.45) is 0 Å². The molecule has 174 valence electrons. The first-order valence-corrected chi connectivity index (χ1v) is 11.3. The number of amides is 1. The Kier molecular flexibility index (Phi) is 9.88. The third kappa shape index (κ3) is 8.33. The van der Waals surface area contributed by atoms with Crippen molar-refractivity contribution in [2.45, 2.75) is 32.1 Å². The second-order valence-electron chi connectivity index (χ2n) is 7.96. The molecule has 0 atom stereocenters. The highest BCUT2D eigenvalue weighted by atomic mass is 19.1. The van der Waals surface area contributed by atoms with Crippen LogP contribution in [0.2, 0.25) is 0 Å². The lowest BCUT2D eigenvalue weighted by Gasteiger charge is -2.13. The number of nitrogens with one attached hydrogen (secondary N) is 2. The van der Waals surface area contributed by atoms with E-state index in [1.165, 1.54) is 12.1 Å². The fourth-order valence-electron chi connectivity index (χ4n) is 3.60. The van der Waals surface area contributed by atoms with Gasteiger partial charge in [-0.25, -0.2) is 9.87 Å². The number of hydroxylamine groups is 1. The molecule has 3 N–H and O–H groups in total. The third-order valence-electron chi connectivity index (χ3n) is 5.43. The normalized spacial score (nSPS) is 11.5. The Hall–Kier alpha value is -3.22. The molecule has 0 heterocycles. The van der Waals surface area contributed by atoms with Crippen LogP contribution in [0.15, 0.2) is 78.4 Å². The van der Waals surface area contributed by atoms with Crippen molar-refractivity contribution in [3.8, 4) is 5.75 Å². The summed E-state index contributed by atoms with van der Waals surface area (Å²) in [4.78, 5) is 11.2. The van der Waals surface area contributed by atoms with Gasteiger partial charge in [-0.2, -0.15) is 0 Å². The van der Waals surface area contributed by atoms with Gasteiger partial charge in [0.2, 0.25) is 5.91 Å². The van der Waals surface area contributed by atoms with Crippen LogP contribution in [-0.4, -0.2) is 30.8 Å². The summed E-state index contributed by atoms with van der Waals surface area (Å²) in [5.74, 6) is 0.268. The van der Waals surface area contributed by atoms with Crippen LogP contribution in [-0.2, 0) is 11.2 Å². The zero-order valence-corrected chi connectivity index (χ0v) is 18.7. The lowest BCUT2D eigenvalue weighted by molar-refractivity contribution is -0.129. The van der Waals surface area contributed by atoms with Gasteiger partial charge in [0.25, 0.3) is 0 Å². The van der Waals surface area contributed by atoms with Gasteiger partial charge < -0.3 is 10.1 Å². The zero-order chi connectivity index (χ0) is 23.3. The number of ether oxygens (including phenoxy) is 1. The van der Waals surface area contributed by atoms with Crippen LogP contribution in [0.25, 0.3) is 10.8 Å². The third-order valence-corrected chi connectivity index (χ3v) is 5.43. The van der Waals surface area contributed by atoms with E-state index < -0.39 is 0 Å². The molecule has 3 aromatic rings.